The zero-order valence-electron chi connectivity index (χ0n) is 11.0. The molecule has 1 aromatic rings. The highest BCUT2D eigenvalue weighted by molar-refractivity contribution is 5.14. The van der Waals surface area contributed by atoms with E-state index in [1.807, 2.05) is 6.92 Å². The Morgan fingerprint density at radius 3 is 2.67 bits per heavy atom. The van der Waals surface area contributed by atoms with Gasteiger partial charge in [0, 0.05) is 31.1 Å². The highest BCUT2D eigenvalue weighted by Crippen LogP contribution is 2.32. The van der Waals surface area contributed by atoms with Crippen LogP contribution in [0.3, 0.4) is 0 Å². The second-order valence-corrected chi connectivity index (χ2v) is 5.70. The van der Waals surface area contributed by atoms with Crippen LogP contribution in [-0.4, -0.2) is 34.0 Å². The van der Waals surface area contributed by atoms with Gasteiger partial charge >= 0.3 is 0 Å². The molecule has 2 fully saturated rings. The van der Waals surface area contributed by atoms with Crippen molar-refractivity contribution in [3.63, 3.8) is 0 Å². The molecule has 2 heterocycles. The Kier molecular flexibility index (Phi) is 3.20. The summed E-state index contributed by atoms with van der Waals surface area (Å²) < 4.78 is 0. The van der Waals surface area contributed by atoms with E-state index in [0.29, 0.717) is 5.92 Å². The van der Waals surface area contributed by atoms with E-state index in [9.17, 15) is 4.79 Å². The van der Waals surface area contributed by atoms with Crippen molar-refractivity contribution in [1.82, 2.24) is 14.9 Å². The molecule has 1 aromatic heterocycles. The molecular weight excluding hydrogens is 226 g/mol. The zero-order chi connectivity index (χ0) is 12.5. The van der Waals surface area contributed by atoms with E-state index >= 15 is 0 Å². The van der Waals surface area contributed by atoms with Crippen molar-refractivity contribution >= 4 is 0 Å². The van der Waals surface area contributed by atoms with Crippen LogP contribution in [0.1, 0.15) is 49.5 Å². The predicted molar refractivity (Wildman–Crippen MR) is 70.8 cm³/mol. The molecule has 3 rings (SSSR count). The first-order chi connectivity index (χ1) is 8.72. The van der Waals surface area contributed by atoms with Crippen LogP contribution < -0.4 is 5.56 Å². The summed E-state index contributed by atoms with van der Waals surface area (Å²) in [6.45, 7) is 4.02. The summed E-state index contributed by atoms with van der Waals surface area (Å²) in [4.78, 5) is 21.2. The molecule has 18 heavy (non-hydrogen) atoms. The number of aryl methyl sites for hydroxylation is 1. The van der Waals surface area contributed by atoms with Gasteiger partial charge in [-0.15, -0.1) is 0 Å². The molecule has 0 spiro atoms. The third kappa shape index (κ3) is 2.34. The molecule has 0 atom stereocenters. The van der Waals surface area contributed by atoms with Crippen LogP contribution in [0.15, 0.2) is 10.9 Å². The molecule has 4 heteroatoms. The van der Waals surface area contributed by atoms with Gasteiger partial charge < -0.3 is 4.98 Å². The first-order valence-electron chi connectivity index (χ1n) is 7.04. The van der Waals surface area contributed by atoms with Crippen LogP contribution in [0, 0.1) is 6.92 Å². The SMILES string of the molecule is Cc1nc(C2CN(C3CCCCC3)C2)cc(=O)[nH]1. The van der Waals surface area contributed by atoms with Crippen LogP contribution >= 0.6 is 0 Å². The van der Waals surface area contributed by atoms with Crippen molar-refractivity contribution in [2.75, 3.05) is 13.1 Å². The molecule has 0 amide bonds. The lowest BCUT2D eigenvalue weighted by Gasteiger charge is -2.45. The van der Waals surface area contributed by atoms with Crippen molar-refractivity contribution in [3.8, 4) is 0 Å². The van der Waals surface area contributed by atoms with Gasteiger partial charge in [0.25, 0.3) is 5.56 Å². The number of hydrogen-bond donors (Lipinski definition) is 1. The normalized spacial score (nSPS) is 22.9. The Balaban J connectivity index is 1.62. The molecule has 98 valence electrons. The van der Waals surface area contributed by atoms with Gasteiger partial charge in [-0.25, -0.2) is 4.98 Å². The van der Waals surface area contributed by atoms with Gasteiger partial charge in [0.15, 0.2) is 0 Å². The maximum atomic E-state index is 11.4. The van der Waals surface area contributed by atoms with Crippen molar-refractivity contribution in [1.29, 1.82) is 0 Å². The molecule has 1 saturated heterocycles. The van der Waals surface area contributed by atoms with E-state index in [0.717, 1.165) is 30.6 Å². The fourth-order valence-electron chi connectivity index (χ4n) is 3.26. The van der Waals surface area contributed by atoms with Crippen LogP contribution in [0.4, 0.5) is 0 Å². The first kappa shape index (κ1) is 11.9. The van der Waals surface area contributed by atoms with E-state index in [2.05, 4.69) is 14.9 Å². The van der Waals surface area contributed by atoms with Gasteiger partial charge in [0.2, 0.25) is 0 Å². The number of nitrogens with zero attached hydrogens (tertiary/aromatic N) is 2. The Hall–Kier alpha value is -1.16. The molecule has 0 radical (unpaired) electrons. The maximum absolute atomic E-state index is 11.4. The van der Waals surface area contributed by atoms with Gasteiger partial charge in [0.1, 0.15) is 5.82 Å². The van der Waals surface area contributed by atoms with Crippen molar-refractivity contribution in [2.24, 2.45) is 0 Å². The zero-order valence-corrected chi connectivity index (χ0v) is 11.0. The maximum Gasteiger partial charge on any atom is 0.251 e. The molecule has 0 aromatic carbocycles. The largest absolute Gasteiger partial charge is 0.311 e. The number of rotatable bonds is 2. The molecular formula is C14H21N3O. The second kappa shape index (κ2) is 4.84. The summed E-state index contributed by atoms with van der Waals surface area (Å²) >= 11 is 0. The van der Waals surface area contributed by atoms with Gasteiger partial charge in [0.05, 0.1) is 5.69 Å². The average Bonchev–Trinajstić information content (AvgIpc) is 2.27. The smallest absolute Gasteiger partial charge is 0.251 e. The lowest BCUT2D eigenvalue weighted by molar-refractivity contribution is 0.0674. The fourth-order valence-corrected chi connectivity index (χ4v) is 3.26. The van der Waals surface area contributed by atoms with E-state index in [4.69, 9.17) is 0 Å². The van der Waals surface area contributed by atoms with Gasteiger partial charge in [-0.05, 0) is 19.8 Å². The molecule has 2 aliphatic rings. The molecule has 4 nitrogen and oxygen atoms in total. The Morgan fingerprint density at radius 2 is 2.00 bits per heavy atom. The van der Waals surface area contributed by atoms with Crippen molar-refractivity contribution < 1.29 is 0 Å². The summed E-state index contributed by atoms with van der Waals surface area (Å²) in [6.07, 6.45) is 6.88. The lowest BCUT2D eigenvalue weighted by Crippen LogP contribution is -2.51. The van der Waals surface area contributed by atoms with E-state index < -0.39 is 0 Å². The summed E-state index contributed by atoms with van der Waals surface area (Å²) in [5.74, 6) is 1.20. The molecule has 0 unspecified atom stereocenters. The summed E-state index contributed by atoms with van der Waals surface area (Å²) in [6, 6.07) is 2.45. The quantitative estimate of drug-likeness (QED) is 0.867. The highest BCUT2D eigenvalue weighted by atomic mass is 16.1. The number of H-pyrrole nitrogens is 1. The standard InChI is InChI=1S/C14H21N3O/c1-10-15-13(7-14(18)16-10)11-8-17(9-11)12-5-3-2-4-6-12/h7,11-12H,2-6,8-9H2,1H3,(H,15,16,18). The third-order valence-electron chi connectivity index (χ3n) is 4.30. The van der Waals surface area contributed by atoms with Crippen LogP contribution in [0.2, 0.25) is 0 Å². The first-order valence-corrected chi connectivity index (χ1v) is 7.04. The summed E-state index contributed by atoms with van der Waals surface area (Å²) in [7, 11) is 0. The minimum atomic E-state index is -0.0198. The molecule has 1 aliphatic carbocycles. The van der Waals surface area contributed by atoms with Crippen molar-refractivity contribution in [3.05, 3.63) is 27.9 Å². The predicted octanol–water partition coefficient (Wildman–Crippen LogP) is 1.81. The molecule has 1 N–H and O–H groups in total. The minimum absolute atomic E-state index is 0.0198. The molecule has 0 bridgehead atoms. The Bertz CT molecular complexity index is 470. The molecule has 1 saturated carbocycles. The average molecular weight is 247 g/mol. The lowest BCUT2D eigenvalue weighted by atomic mass is 9.87. The van der Waals surface area contributed by atoms with E-state index in [1.165, 1.54) is 32.1 Å². The monoisotopic (exact) mass is 247 g/mol. The second-order valence-electron chi connectivity index (χ2n) is 5.70. The number of aromatic nitrogens is 2. The van der Waals surface area contributed by atoms with Gasteiger partial charge in [-0.1, -0.05) is 19.3 Å². The van der Waals surface area contributed by atoms with Gasteiger partial charge in [-0.2, -0.15) is 0 Å². The number of aromatic amines is 1. The Labute approximate surface area is 107 Å². The Morgan fingerprint density at radius 1 is 1.28 bits per heavy atom. The fraction of sp³-hybridized carbons (Fsp3) is 0.714. The summed E-state index contributed by atoms with van der Waals surface area (Å²) in [5, 5.41) is 0. The van der Waals surface area contributed by atoms with Crippen molar-refractivity contribution in [2.45, 2.75) is 51.0 Å². The molecule has 1 aliphatic heterocycles. The van der Waals surface area contributed by atoms with Crippen LogP contribution in [-0.2, 0) is 0 Å². The third-order valence-corrected chi connectivity index (χ3v) is 4.30. The van der Waals surface area contributed by atoms with Crippen LogP contribution in [0.5, 0.6) is 0 Å². The summed E-state index contributed by atoms with van der Waals surface area (Å²) in [5.41, 5.74) is 0.955. The number of nitrogens with one attached hydrogen (secondary N) is 1. The number of hydrogen-bond acceptors (Lipinski definition) is 3. The topological polar surface area (TPSA) is 49.0 Å². The number of likely N-dealkylation sites (tertiary alicyclic amines) is 1. The van der Waals surface area contributed by atoms with E-state index in [-0.39, 0.29) is 5.56 Å². The highest BCUT2D eigenvalue weighted by Gasteiger charge is 2.34. The van der Waals surface area contributed by atoms with Crippen LogP contribution in [0.25, 0.3) is 0 Å². The minimum Gasteiger partial charge on any atom is -0.311 e. The van der Waals surface area contributed by atoms with Gasteiger partial charge in [-0.3, -0.25) is 9.69 Å². The van der Waals surface area contributed by atoms with E-state index in [1.54, 1.807) is 6.07 Å².